The van der Waals surface area contributed by atoms with E-state index < -0.39 is 0 Å². The Morgan fingerprint density at radius 2 is 2.26 bits per heavy atom. The van der Waals surface area contributed by atoms with E-state index in [1.165, 1.54) is 28.7 Å². The molecule has 19 heavy (non-hydrogen) atoms. The molecule has 2 aromatic rings. The smallest absolute Gasteiger partial charge is 0.230 e. The summed E-state index contributed by atoms with van der Waals surface area (Å²) in [6, 6.07) is 8.09. The summed E-state index contributed by atoms with van der Waals surface area (Å²) < 4.78 is 0.818. The van der Waals surface area contributed by atoms with Crippen LogP contribution in [0.4, 0.5) is 0 Å². The third kappa shape index (κ3) is 4.04. The van der Waals surface area contributed by atoms with Gasteiger partial charge in [-0.1, -0.05) is 47.4 Å². The van der Waals surface area contributed by atoms with Gasteiger partial charge in [-0.3, -0.25) is 4.79 Å². The molecule has 0 fully saturated rings. The summed E-state index contributed by atoms with van der Waals surface area (Å²) in [5.74, 6) is 0.377. The number of rotatable bonds is 5. The fourth-order valence-corrected chi connectivity index (χ4v) is 3.09. The Morgan fingerprint density at radius 3 is 2.95 bits per heavy atom. The molecule has 1 aromatic carbocycles. The highest BCUT2D eigenvalue weighted by Gasteiger charge is 2.12. The quantitative estimate of drug-likeness (QED) is 0.861. The molecule has 0 spiro atoms. The van der Waals surface area contributed by atoms with E-state index in [2.05, 4.69) is 15.5 Å². The first-order chi connectivity index (χ1) is 9.16. The number of nitrogens with zero attached hydrogens (tertiary/aromatic N) is 2. The van der Waals surface area contributed by atoms with Gasteiger partial charge in [0.2, 0.25) is 5.91 Å². The van der Waals surface area contributed by atoms with E-state index in [0.29, 0.717) is 5.75 Å². The predicted molar refractivity (Wildman–Crippen MR) is 78.4 cm³/mol. The van der Waals surface area contributed by atoms with Gasteiger partial charge in [0.25, 0.3) is 0 Å². The Labute approximate surface area is 120 Å². The molecule has 6 heteroatoms. The number of benzene rings is 1. The SMILES string of the molecule is Cc1ccccc1[C@H](C)NC(=O)CSc1nncs1. The fourth-order valence-electron chi connectivity index (χ4n) is 1.79. The largest absolute Gasteiger partial charge is 0.349 e. The van der Waals surface area contributed by atoms with E-state index in [9.17, 15) is 4.79 Å². The number of nitrogens with one attached hydrogen (secondary N) is 1. The van der Waals surface area contributed by atoms with E-state index in [-0.39, 0.29) is 11.9 Å². The maximum Gasteiger partial charge on any atom is 0.230 e. The van der Waals surface area contributed by atoms with Crippen LogP contribution in [-0.2, 0) is 4.79 Å². The lowest BCUT2D eigenvalue weighted by atomic mass is 10.0. The summed E-state index contributed by atoms with van der Waals surface area (Å²) in [6.45, 7) is 4.05. The van der Waals surface area contributed by atoms with Gasteiger partial charge < -0.3 is 5.32 Å². The second kappa shape index (κ2) is 6.68. The van der Waals surface area contributed by atoms with Gasteiger partial charge in [-0.25, -0.2) is 0 Å². The first-order valence-electron chi connectivity index (χ1n) is 5.90. The molecule has 1 N–H and O–H groups in total. The van der Waals surface area contributed by atoms with Gasteiger partial charge in [-0.05, 0) is 25.0 Å². The predicted octanol–water partition coefficient (Wildman–Crippen LogP) is 2.82. The highest BCUT2D eigenvalue weighted by atomic mass is 32.2. The number of aryl methyl sites for hydroxylation is 1. The molecule has 0 aliphatic carbocycles. The lowest BCUT2D eigenvalue weighted by molar-refractivity contribution is -0.119. The van der Waals surface area contributed by atoms with E-state index in [0.717, 1.165) is 9.90 Å². The van der Waals surface area contributed by atoms with Crippen LogP contribution in [0.3, 0.4) is 0 Å². The highest BCUT2D eigenvalue weighted by molar-refractivity contribution is 8.01. The average Bonchev–Trinajstić information content (AvgIpc) is 2.90. The second-order valence-electron chi connectivity index (χ2n) is 4.14. The van der Waals surface area contributed by atoms with Crippen molar-refractivity contribution < 1.29 is 4.79 Å². The summed E-state index contributed by atoms with van der Waals surface area (Å²) >= 11 is 2.85. The van der Waals surface area contributed by atoms with E-state index in [4.69, 9.17) is 0 Å². The summed E-state index contributed by atoms with van der Waals surface area (Å²) in [7, 11) is 0. The highest BCUT2D eigenvalue weighted by Crippen LogP contribution is 2.20. The number of thioether (sulfide) groups is 1. The average molecular weight is 293 g/mol. The molecule has 0 saturated carbocycles. The van der Waals surface area contributed by atoms with E-state index >= 15 is 0 Å². The second-order valence-corrected chi connectivity index (χ2v) is 6.19. The lowest BCUT2D eigenvalue weighted by Gasteiger charge is -2.16. The standard InChI is InChI=1S/C13H15N3OS2/c1-9-5-3-4-6-11(9)10(2)15-12(17)7-18-13-16-14-8-19-13/h3-6,8,10H,7H2,1-2H3,(H,15,17)/t10-/m0/s1. The monoisotopic (exact) mass is 293 g/mol. The summed E-state index contributed by atoms with van der Waals surface area (Å²) in [5, 5.41) is 10.6. The Balaban J connectivity index is 1.87. The van der Waals surface area contributed by atoms with Crippen LogP contribution < -0.4 is 5.32 Å². The Bertz CT molecular complexity index is 543. The summed E-state index contributed by atoms with van der Waals surface area (Å²) in [4.78, 5) is 11.9. The van der Waals surface area contributed by atoms with Crippen molar-refractivity contribution in [1.82, 2.24) is 15.5 Å². The topological polar surface area (TPSA) is 54.9 Å². The molecule has 0 aliphatic rings. The molecular weight excluding hydrogens is 278 g/mol. The summed E-state index contributed by atoms with van der Waals surface area (Å²) in [5.41, 5.74) is 4.00. The maximum absolute atomic E-state index is 11.9. The number of hydrogen-bond donors (Lipinski definition) is 1. The van der Waals surface area contributed by atoms with Crippen LogP contribution in [0.15, 0.2) is 34.1 Å². The van der Waals surface area contributed by atoms with Crippen molar-refractivity contribution in [3.05, 3.63) is 40.9 Å². The molecule has 0 bridgehead atoms. The summed E-state index contributed by atoms with van der Waals surface area (Å²) in [6.07, 6.45) is 0. The molecule has 1 atom stereocenters. The van der Waals surface area contributed by atoms with Crippen LogP contribution in [0.1, 0.15) is 24.1 Å². The van der Waals surface area contributed by atoms with Crippen LogP contribution >= 0.6 is 23.1 Å². The van der Waals surface area contributed by atoms with E-state index in [1.807, 2.05) is 38.1 Å². The normalized spacial score (nSPS) is 12.1. The lowest BCUT2D eigenvalue weighted by Crippen LogP contribution is -2.28. The molecule has 0 saturated heterocycles. The minimum absolute atomic E-state index is 0.0101. The van der Waals surface area contributed by atoms with Crippen LogP contribution in [0.25, 0.3) is 0 Å². The van der Waals surface area contributed by atoms with Crippen molar-refractivity contribution in [1.29, 1.82) is 0 Å². The van der Waals surface area contributed by atoms with Crippen LogP contribution in [-0.4, -0.2) is 21.9 Å². The molecule has 4 nitrogen and oxygen atoms in total. The molecular formula is C13H15N3OS2. The van der Waals surface area contributed by atoms with Gasteiger partial charge in [0, 0.05) is 0 Å². The van der Waals surface area contributed by atoms with Gasteiger partial charge in [0.15, 0.2) is 4.34 Å². The van der Waals surface area contributed by atoms with Crippen molar-refractivity contribution in [3.8, 4) is 0 Å². The van der Waals surface area contributed by atoms with Gasteiger partial charge in [-0.2, -0.15) is 0 Å². The zero-order valence-corrected chi connectivity index (χ0v) is 12.4. The molecule has 1 amide bonds. The molecule has 1 aromatic heterocycles. The van der Waals surface area contributed by atoms with Crippen LogP contribution in [0, 0.1) is 6.92 Å². The van der Waals surface area contributed by atoms with Crippen molar-refractivity contribution in [3.63, 3.8) is 0 Å². The third-order valence-electron chi connectivity index (χ3n) is 2.70. The number of amides is 1. The minimum atomic E-state index is 0.0101. The minimum Gasteiger partial charge on any atom is -0.349 e. The van der Waals surface area contributed by atoms with Crippen molar-refractivity contribution in [2.24, 2.45) is 0 Å². The van der Waals surface area contributed by atoms with Gasteiger partial charge in [0.1, 0.15) is 5.51 Å². The molecule has 100 valence electrons. The van der Waals surface area contributed by atoms with Crippen molar-refractivity contribution in [2.75, 3.05) is 5.75 Å². The number of aromatic nitrogens is 2. The Kier molecular flexibility index (Phi) is 4.93. The fraction of sp³-hybridized carbons (Fsp3) is 0.308. The van der Waals surface area contributed by atoms with Crippen LogP contribution in [0.2, 0.25) is 0 Å². The third-order valence-corrected chi connectivity index (χ3v) is 4.56. The zero-order valence-electron chi connectivity index (χ0n) is 10.8. The molecule has 1 heterocycles. The Hall–Kier alpha value is -1.40. The van der Waals surface area contributed by atoms with Crippen LogP contribution in [0.5, 0.6) is 0 Å². The zero-order chi connectivity index (χ0) is 13.7. The number of carbonyl (C=O) groups is 1. The number of hydrogen-bond acceptors (Lipinski definition) is 5. The van der Waals surface area contributed by atoms with Crippen molar-refractivity contribution >= 4 is 29.0 Å². The van der Waals surface area contributed by atoms with Gasteiger partial charge >= 0.3 is 0 Å². The molecule has 0 aliphatic heterocycles. The molecule has 0 unspecified atom stereocenters. The van der Waals surface area contributed by atoms with Gasteiger partial charge in [-0.15, -0.1) is 10.2 Å². The van der Waals surface area contributed by atoms with Gasteiger partial charge in [0.05, 0.1) is 11.8 Å². The number of carbonyl (C=O) groups excluding carboxylic acids is 1. The molecule has 0 radical (unpaired) electrons. The first kappa shape index (κ1) is 14.0. The first-order valence-corrected chi connectivity index (χ1v) is 7.77. The Morgan fingerprint density at radius 1 is 1.47 bits per heavy atom. The maximum atomic E-state index is 11.9. The van der Waals surface area contributed by atoms with Crippen molar-refractivity contribution in [2.45, 2.75) is 24.2 Å². The van der Waals surface area contributed by atoms with E-state index in [1.54, 1.807) is 5.51 Å². The molecule has 2 rings (SSSR count).